The van der Waals surface area contributed by atoms with Gasteiger partial charge in [-0.1, -0.05) is 11.6 Å². The summed E-state index contributed by atoms with van der Waals surface area (Å²) in [5, 5.41) is 0.535. The van der Waals surface area contributed by atoms with Crippen LogP contribution in [0.25, 0.3) is 0 Å². The highest BCUT2D eigenvalue weighted by molar-refractivity contribution is 6.30. The van der Waals surface area contributed by atoms with Gasteiger partial charge in [0.05, 0.1) is 0 Å². The average Bonchev–Trinajstić information content (AvgIpc) is 2.17. The predicted molar refractivity (Wildman–Crippen MR) is 53.1 cm³/mol. The van der Waals surface area contributed by atoms with E-state index in [0.717, 1.165) is 0 Å². The molecule has 0 saturated heterocycles. The molecular formula is C10H9ClO4. The second-order valence-electron chi connectivity index (χ2n) is 3.33. The first-order valence-electron chi connectivity index (χ1n) is 4.36. The minimum absolute atomic E-state index is 0.153. The zero-order chi connectivity index (χ0) is 10.9. The predicted octanol–water partition coefficient (Wildman–Crippen LogP) is 2.00. The highest BCUT2D eigenvalue weighted by Gasteiger charge is 2.34. The van der Waals surface area contributed by atoms with Crippen molar-refractivity contribution in [3.8, 4) is 11.5 Å². The number of carbonyl (C=O) groups excluding carboxylic acids is 1. The van der Waals surface area contributed by atoms with Crippen molar-refractivity contribution >= 4 is 18.1 Å². The largest absolute Gasteiger partial charge is 0.482 e. The third-order valence-electron chi connectivity index (χ3n) is 2.02. The van der Waals surface area contributed by atoms with Crippen LogP contribution in [-0.4, -0.2) is 18.9 Å². The monoisotopic (exact) mass is 228 g/mol. The molecule has 1 aliphatic rings. The van der Waals surface area contributed by atoms with Crippen molar-refractivity contribution in [2.45, 2.75) is 12.7 Å². The van der Waals surface area contributed by atoms with Crippen molar-refractivity contribution in [3.05, 3.63) is 23.2 Å². The molecule has 1 aliphatic heterocycles. The zero-order valence-electron chi connectivity index (χ0n) is 8.03. The van der Waals surface area contributed by atoms with Gasteiger partial charge in [0.15, 0.2) is 18.1 Å². The summed E-state index contributed by atoms with van der Waals surface area (Å²) in [5.41, 5.74) is 0. The quantitative estimate of drug-likeness (QED) is 0.727. The summed E-state index contributed by atoms with van der Waals surface area (Å²) < 4.78 is 15.7. The van der Waals surface area contributed by atoms with Crippen LogP contribution >= 0.6 is 11.6 Å². The molecule has 0 aromatic heterocycles. The Balaban J connectivity index is 2.28. The van der Waals surface area contributed by atoms with Crippen LogP contribution in [0.3, 0.4) is 0 Å². The first kappa shape index (κ1) is 10.1. The average molecular weight is 229 g/mol. The van der Waals surface area contributed by atoms with Gasteiger partial charge in [0.25, 0.3) is 12.3 Å². The van der Waals surface area contributed by atoms with Crippen LogP contribution in [0.2, 0.25) is 5.02 Å². The van der Waals surface area contributed by atoms with Crippen molar-refractivity contribution in [3.63, 3.8) is 0 Å². The molecule has 1 aromatic carbocycles. The van der Waals surface area contributed by atoms with E-state index in [-0.39, 0.29) is 6.61 Å². The number of fused-ring (bicyclic) bond motifs is 1. The molecule has 1 heterocycles. The Morgan fingerprint density at radius 1 is 1.53 bits per heavy atom. The summed E-state index contributed by atoms with van der Waals surface area (Å²) >= 11 is 5.80. The van der Waals surface area contributed by atoms with Crippen molar-refractivity contribution in [1.29, 1.82) is 0 Å². The topological polar surface area (TPSA) is 44.8 Å². The van der Waals surface area contributed by atoms with E-state index in [2.05, 4.69) is 0 Å². The lowest BCUT2D eigenvalue weighted by molar-refractivity contribution is -0.194. The summed E-state index contributed by atoms with van der Waals surface area (Å²) in [5.74, 6) is -0.0242. The van der Waals surface area contributed by atoms with Crippen LogP contribution in [0.4, 0.5) is 0 Å². The number of rotatable bonds is 2. The lowest BCUT2D eigenvalue weighted by Gasteiger charge is -2.33. The molecule has 0 radical (unpaired) electrons. The van der Waals surface area contributed by atoms with Crippen molar-refractivity contribution in [2.75, 3.05) is 6.61 Å². The maximum atomic E-state index is 10.3. The van der Waals surface area contributed by atoms with Crippen molar-refractivity contribution in [1.82, 2.24) is 0 Å². The molecule has 0 spiro atoms. The summed E-state index contributed by atoms with van der Waals surface area (Å²) in [6.07, 6.45) is 0. The van der Waals surface area contributed by atoms with Crippen LogP contribution in [-0.2, 0) is 9.53 Å². The molecule has 1 unspecified atom stereocenters. The van der Waals surface area contributed by atoms with Gasteiger partial charge in [0.1, 0.15) is 0 Å². The molecule has 0 fully saturated rings. The fourth-order valence-electron chi connectivity index (χ4n) is 1.31. The second kappa shape index (κ2) is 3.62. The van der Waals surface area contributed by atoms with Gasteiger partial charge in [-0.25, -0.2) is 0 Å². The molecule has 0 bridgehead atoms. The highest BCUT2D eigenvalue weighted by atomic mass is 35.5. The lowest BCUT2D eigenvalue weighted by Crippen LogP contribution is -2.44. The Labute approximate surface area is 91.7 Å². The van der Waals surface area contributed by atoms with Crippen LogP contribution in [0, 0.1) is 0 Å². The zero-order valence-corrected chi connectivity index (χ0v) is 8.78. The molecule has 5 heteroatoms. The number of benzene rings is 1. The fourth-order valence-corrected chi connectivity index (χ4v) is 1.47. The van der Waals surface area contributed by atoms with Gasteiger partial charge >= 0.3 is 0 Å². The summed E-state index contributed by atoms with van der Waals surface area (Å²) in [6, 6.07) is 5.02. The Kier molecular flexibility index (Phi) is 2.44. The number of ether oxygens (including phenoxy) is 3. The summed E-state index contributed by atoms with van der Waals surface area (Å²) in [4.78, 5) is 10.3. The van der Waals surface area contributed by atoms with Crippen LogP contribution < -0.4 is 9.47 Å². The Bertz CT molecular complexity index is 393. The Morgan fingerprint density at radius 2 is 2.33 bits per heavy atom. The van der Waals surface area contributed by atoms with Gasteiger partial charge in [-0.15, -0.1) is 0 Å². The molecule has 0 aliphatic carbocycles. The number of carbonyl (C=O) groups is 1. The third-order valence-corrected chi connectivity index (χ3v) is 2.25. The van der Waals surface area contributed by atoms with E-state index in [1.54, 1.807) is 25.1 Å². The van der Waals surface area contributed by atoms with Gasteiger partial charge in [-0.3, -0.25) is 4.79 Å². The molecule has 2 rings (SSSR count). The van der Waals surface area contributed by atoms with Crippen LogP contribution in [0.1, 0.15) is 6.92 Å². The standard InChI is InChI=1S/C10H9ClO4/c1-10(14-6-12)5-13-8-3-2-7(11)4-9(8)15-10/h2-4,6H,5H2,1H3. The number of hydrogen-bond donors (Lipinski definition) is 0. The fraction of sp³-hybridized carbons (Fsp3) is 0.300. The Morgan fingerprint density at radius 3 is 3.07 bits per heavy atom. The molecule has 15 heavy (non-hydrogen) atoms. The van der Waals surface area contributed by atoms with Gasteiger partial charge in [0, 0.05) is 18.0 Å². The van der Waals surface area contributed by atoms with E-state index >= 15 is 0 Å². The maximum absolute atomic E-state index is 10.3. The van der Waals surface area contributed by atoms with Gasteiger partial charge in [0.2, 0.25) is 0 Å². The van der Waals surface area contributed by atoms with E-state index in [0.29, 0.717) is 23.0 Å². The van der Waals surface area contributed by atoms with Crippen molar-refractivity contribution in [2.24, 2.45) is 0 Å². The van der Waals surface area contributed by atoms with E-state index in [4.69, 9.17) is 25.8 Å². The lowest BCUT2D eigenvalue weighted by atomic mass is 10.2. The second-order valence-corrected chi connectivity index (χ2v) is 3.77. The van der Waals surface area contributed by atoms with Crippen molar-refractivity contribution < 1.29 is 19.0 Å². The normalized spacial score (nSPS) is 23.3. The van der Waals surface area contributed by atoms with Crippen LogP contribution in [0.5, 0.6) is 11.5 Å². The first-order chi connectivity index (χ1) is 7.13. The van der Waals surface area contributed by atoms with Crippen LogP contribution in [0.15, 0.2) is 18.2 Å². The summed E-state index contributed by atoms with van der Waals surface area (Å²) in [7, 11) is 0. The molecular weight excluding hydrogens is 220 g/mol. The SMILES string of the molecule is CC1(OC=O)COc2ccc(Cl)cc2O1. The highest BCUT2D eigenvalue weighted by Crippen LogP contribution is 2.37. The smallest absolute Gasteiger partial charge is 0.296 e. The van der Waals surface area contributed by atoms with E-state index in [9.17, 15) is 4.79 Å². The minimum Gasteiger partial charge on any atom is -0.482 e. The first-order valence-corrected chi connectivity index (χ1v) is 4.74. The van der Waals surface area contributed by atoms with E-state index in [1.807, 2.05) is 0 Å². The number of hydrogen-bond acceptors (Lipinski definition) is 4. The molecule has 80 valence electrons. The van der Waals surface area contributed by atoms with Gasteiger partial charge in [-0.05, 0) is 12.1 Å². The minimum atomic E-state index is -1.08. The maximum Gasteiger partial charge on any atom is 0.296 e. The molecule has 0 saturated carbocycles. The Hall–Kier alpha value is -1.42. The third kappa shape index (κ3) is 1.99. The molecule has 4 nitrogen and oxygen atoms in total. The van der Waals surface area contributed by atoms with Gasteiger partial charge < -0.3 is 14.2 Å². The molecule has 1 atom stereocenters. The molecule has 1 aromatic rings. The van der Waals surface area contributed by atoms with E-state index < -0.39 is 5.79 Å². The molecule has 0 amide bonds. The van der Waals surface area contributed by atoms with E-state index in [1.165, 1.54) is 0 Å². The molecule has 0 N–H and O–H groups in total. The summed E-state index contributed by atoms with van der Waals surface area (Å²) in [6.45, 7) is 2.10. The number of halogens is 1. The van der Waals surface area contributed by atoms with Gasteiger partial charge in [-0.2, -0.15) is 0 Å².